The number of ether oxygens (including phenoxy) is 1. The van der Waals surface area contributed by atoms with Gasteiger partial charge in [-0.05, 0) is 37.5 Å². The molecule has 0 bridgehead atoms. The number of carbonyl (C=O) groups is 2. The first-order valence-corrected chi connectivity index (χ1v) is 8.63. The smallest absolute Gasteiger partial charge is 0.310 e. The van der Waals surface area contributed by atoms with E-state index >= 15 is 0 Å². The molecule has 0 saturated carbocycles. The van der Waals surface area contributed by atoms with Gasteiger partial charge in [0.2, 0.25) is 0 Å². The Bertz CT molecular complexity index is 735. The Hall–Kier alpha value is -2.25. The van der Waals surface area contributed by atoms with Gasteiger partial charge in [0.05, 0.1) is 5.92 Å². The Morgan fingerprint density at radius 1 is 1.38 bits per heavy atom. The van der Waals surface area contributed by atoms with Crippen LogP contribution in [0.1, 0.15) is 52.8 Å². The van der Waals surface area contributed by atoms with Crippen molar-refractivity contribution in [1.29, 1.82) is 0 Å². The van der Waals surface area contributed by atoms with Crippen molar-refractivity contribution in [3.05, 3.63) is 45.9 Å². The second kappa shape index (κ2) is 7.11. The van der Waals surface area contributed by atoms with Gasteiger partial charge in [0.1, 0.15) is 16.8 Å². The van der Waals surface area contributed by atoms with Crippen molar-refractivity contribution in [3.8, 4) is 0 Å². The number of hydrogen-bond acceptors (Lipinski definition) is 5. The van der Waals surface area contributed by atoms with Gasteiger partial charge in [-0.2, -0.15) is 0 Å². The average molecular weight is 346 g/mol. The van der Waals surface area contributed by atoms with E-state index in [1.165, 1.54) is 11.3 Å². The number of nitrogens with zero attached hydrogens (tertiary/aromatic N) is 1. The highest BCUT2D eigenvalue weighted by atomic mass is 32.1. The van der Waals surface area contributed by atoms with Gasteiger partial charge in [0.15, 0.2) is 0 Å². The number of aliphatic carboxylic acids is 1. The average Bonchev–Trinajstić information content (AvgIpc) is 3.26. The highest BCUT2D eigenvalue weighted by Crippen LogP contribution is 2.30. The summed E-state index contributed by atoms with van der Waals surface area (Å²) in [6.07, 6.45) is 1.97. The summed E-state index contributed by atoms with van der Waals surface area (Å²) >= 11 is 1.43. The van der Waals surface area contributed by atoms with Crippen LogP contribution in [-0.2, 0) is 9.53 Å². The standard InChI is InChI=1S/C17H18N2O4S/c1-10(17(21)22)11-4-6-12(7-5-11)18-15(20)13-9-24-16(19-13)14-3-2-8-23-14/h4-7,9-10,14H,2-3,8H2,1H3,(H,18,20)(H,21,22)/t10-,14+/m1/s1. The first-order chi connectivity index (χ1) is 11.5. The minimum atomic E-state index is -0.879. The summed E-state index contributed by atoms with van der Waals surface area (Å²) in [5, 5.41) is 14.3. The molecule has 2 atom stereocenters. The number of carbonyl (C=O) groups excluding carboxylic acids is 1. The summed E-state index contributed by atoms with van der Waals surface area (Å²) in [5.41, 5.74) is 1.66. The number of thiazole rings is 1. The van der Waals surface area contributed by atoms with Gasteiger partial charge >= 0.3 is 5.97 Å². The number of benzene rings is 1. The lowest BCUT2D eigenvalue weighted by molar-refractivity contribution is -0.138. The topological polar surface area (TPSA) is 88.5 Å². The summed E-state index contributed by atoms with van der Waals surface area (Å²) in [4.78, 5) is 27.6. The van der Waals surface area contributed by atoms with Gasteiger partial charge in [-0.25, -0.2) is 4.98 Å². The molecule has 0 aliphatic carbocycles. The summed E-state index contributed by atoms with van der Waals surface area (Å²) in [6.45, 7) is 2.37. The van der Waals surface area contributed by atoms with Crippen LogP contribution < -0.4 is 5.32 Å². The third kappa shape index (κ3) is 3.63. The van der Waals surface area contributed by atoms with E-state index in [1.54, 1.807) is 36.6 Å². The molecule has 3 rings (SSSR count). The van der Waals surface area contributed by atoms with E-state index < -0.39 is 11.9 Å². The maximum atomic E-state index is 12.3. The summed E-state index contributed by atoms with van der Waals surface area (Å²) < 4.78 is 5.57. The zero-order chi connectivity index (χ0) is 17.1. The molecule has 1 aliphatic heterocycles. The van der Waals surface area contributed by atoms with Crippen molar-refractivity contribution in [2.24, 2.45) is 0 Å². The van der Waals surface area contributed by atoms with Crippen LogP contribution in [0.4, 0.5) is 5.69 Å². The van der Waals surface area contributed by atoms with Crippen LogP contribution in [0.25, 0.3) is 0 Å². The molecule has 1 aliphatic rings. The van der Waals surface area contributed by atoms with E-state index in [1.807, 2.05) is 0 Å². The van der Waals surface area contributed by atoms with Gasteiger partial charge in [-0.15, -0.1) is 11.3 Å². The third-order valence-corrected chi connectivity index (χ3v) is 4.94. The Morgan fingerprint density at radius 2 is 2.12 bits per heavy atom. The zero-order valence-corrected chi connectivity index (χ0v) is 14.0. The first kappa shape index (κ1) is 16.6. The number of nitrogens with one attached hydrogen (secondary N) is 1. The van der Waals surface area contributed by atoms with Crippen molar-refractivity contribution < 1.29 is 19.4 Å². The highest BCUT2D eigenvalue weighted by Gasteiger charge is 2.22. The summed E-state index contributed by atoms with van der Waals surface area (Å²) in [7, 11) is 0. The van der Waals surface area contributed by atoms with Crippen LogP contribution in [-0.4, -0.2) is 28.6 Å². The van der Waals surface area contributed by atoms with Gasteiger partial charge in [-0.3, -0.25) is 9.59 Å². The van der Waals surface area contributed by atoms with Crippen LogP contribution in [0.2, 0.25) is 0 Å². The van der Waals surface area contributed by atoms with Crippen molar-refractivity contribution in [3.63, 3.8) is 0 Å². The predicted octanol–water partition coefficient (Wildman–Crippen LogP) is 3.44. The molecule has 2 aromatic rings. The molecule has 2 heterocycles. The third-order valence-electron chi connectivity index (χ3n) is 4.00. The lowest BCUT2D eigenvalue weighted by Gasteiger charge is -2.08. The van der Waals surface area contributed by atoms with Crippen LogP contribution >= 0.6 is 11.3 Å². The maximum Gasteiger partial charge on any atom is 0.310 e. The number of amides is 1. The number of anilines is 1. The molecule has 1 aromatic heterocycles. The van der Waals surface area contributed by atoms with E-state index in [4.69, 9.17) is 9.84 Å². The fourth-order valence-corrected chi connectivity index (χ4v) is 3.39. The van der Waals surface area contributed by atoms with Crippen molar-refractivity contribution in [1.82, 2.24) is 4.98 Å². The van der Waals surface area contributed by atoms with Crippen molar-refractivity contribution in [2.45, 2.75) is 31.8 Å². The number of rotatable bonds is 5. The SMILES string of the molecule is C[C@@H](C(=O)O)c1ccc(NC(=O)c2csc([C@@H]3CCCO3)n2)cc1. The molecule has 126 valence electrons. The predicted molar refractivity (Wildman–Crippen MR) is 90.5 cm³/mol. The molecule has 0 spiro atoms. The molecule has 2 N–H and O–H groups in total. The van der Waals surface area contributed by atoms with Gasteiger partial charge in [0, 0.05) is 17.7 Å². The number of carboxylic acids is 1. The van der Waals surface area contributed by atoms with E-state index in [-0.39, 0.29) is 12.0 Å². The second-order valence-electron chi connectivity index (χ2n) is 5.71. The fraction of sp³-hybridized carbons (Fsp3) is 0.353. The first-order valence-electron chi connectivity index (χ1n) is 7.75. The van der Waals surface area contributed by atoms with Gasteiger partial charge < -0.3 is 15.2 Å². The maximum absolute atomic E-state index is 12.3. The Morgan fingerprint density at radius 3 is 2.75 bits per heavy atom. The van der Waals surface area contributed by atoms with Crippen LogP contribution in [0.15, 0.2) is 29.6 Å². The second-order valence-corrected chi connectivity index (χ2v) is 6.60. The Balaban J connectivity index is 1.65. The lowest BCUT2D eigenvalue weighted by Crippen LogP contribution is -2.13. The molecule has 0 unspecified atom stereocenters. The van der Waals surface area contributed by atoms with E-state index in [9.17, 15) is 9.59 Å². The molecule has 1 fully saturated rings. The minimum Gasteiger partial charge on any atom is -0.481 e. The quantitative estimate of drug-likeness (QED) is 0.866. The normalized spacial score (nSPS) is 18.3. The van der Waals surface area contributed by atoms with Crippen LogP contribution in [0.5, 0.6) is 0 Å². The molecule has 7 heteroatoms. The van der Waals surface area contributed by atoms with E-state index in [0.717, 1.165) is 24.5 Å². The Kier molecular flexibility index (Phi) is 4.92. The van der Waals surface area contributed by atoms with Gasteiger partial charge in [-0.1, -0.05) is 12.1 Å². The molecule has 6 nitrogen and oxygen atoms in total. The largest absolute Gasteiger partial charge is 0.481 e. The molecule has 24 heavy (non-hydrogen) atoms. The lowest BCUT2D eigenvalue weighted by atomic mass is 10.0. The molecular weight excluding hydrogens is 328 g/mol. The Labute approximate surface area is 143 Å². The molecule has 0 radical (unpaired) electrons. The number of hydrogen-bond donors (Lipinski definition) is 2. The minimum absolute atomic E-state index is 0.00772. The number of carboxylic acid groups (broad SMARTS) is 1. The molecule has 1 saturated heterocycles. The molecule has 1 amide bonds. The zero-order valence-electron chi connectivity index (χ0n) is 13.2. The fourth-order valence-electron chi connectivity index (χ4n) is 2.51. The van der Waals surface area contributed by atoms with Gasteiger partial charge in [0.25, 0.3) is 5.91 Å². The van der Waals surface area contributed by atoms with Crippen LogP contribution in [0, 0.1) is 0 Å². The van der Waals surface area contributed by atoms with E-state index in [2.05, 4.69) is 10.3 Å². The van der Waals surface area contributed by atoms with Crippen LogP contribution in [0.3, 0.4) is 0 Å². The molecular formula is C17H18N2O4S. The highest BCUT2D eigenvalue weighted by molar-refractivity contribution is 7.09. The molecule has 1 aromatic carbocycles. The van der Waals surface area contributed by atoms with E-state index in [0.29, 0.717) is 16.9 Å². The monoisotopic (exact) mass is 346 g/mol. The van der Waals surface area contributed by atoms with Crippen molar-refractivity contribution in [2.75, 3.05) is 11.9 Å². The summed E-state index contributed by atoms with van der Waals surface area (Å²) in [5.74, 6) is -1.74. The number of aromatic nitrogens is 1. The van der Waals surface area contributed by atoms with Crippen molar-refractivity contribution >= 4 is 28.9 Å². The summed E-state index contributed by atoms with van der Waals surface area (Å²) in [6, 6.07) is 6.79.